The van der Waals surface area contributed by atoms with Crippen molar-refractivity contribution < 1.29 is 9.53 Å². The number of hydrogen-bond acceptors (Lipinski definition) is 3. The highest BCUT2D eigenvalue weighted by molar-refractivity contribution is 5.73. The molecule has 1 N–H and O–H groups in total. The van der Waals surface area contributed by atoms with Crippen LogP contribution in [0.5, 0.6) is 5.75 Å². The van der Waals surface area contributed by atoms with E-state index in [4.69, 9.17) is 4.74 Å². The first-order chi connectivity index (χ1) is 7.72. The van der Waals surface area contributed by atoms with Crippen LogP contribution in [0.1, 0.15) is 13.8 Å². The van der Waals surface area contributed by atoms with E-state index in [1.807, 2.05) is 18.2 Å². The Morgan fingerprint density at radius 1 is 1.31 bits per heavy atom. The van der Waals surface area contributed by atoms with Crippen LogP contribution in [0.15, 0.2) is 24.3 Å². The molecule has 1 aromatic rings. The van der Waals surface area contributed by atoms with Gasteiger partial charge in [0, 0.05) is 20.1 Å². The molecule has 0 aliphatic carbocycles. The summed E-state index contributed by atoms with van der Waals surface area (Å²) in [5, 5.41) is 2.44. The third-order valence-electron chi connectivity index (χ3n) is 2.38. The Kier molecular flexibility index (Phi) is 4.64. The van der Waals surface area contributed by atoms with Gasteiger partial charge < -0.3 is 15.0 Å². The summed E-state index contributed by atoms with van der Waals surface area (Å²) in [5.41, 5.74) is 0.941. The summed E-state index contributed by atoms with van der Waals surface area (Å²) in [5.74, 6) is 0.588. The molecule has 4 nitrogen and oxygen atoms in total. The van der Waals surface area contributed by atoms with Crippen molar-refractivity contribution in [3.8, 4) is 5.75 Å². The number of rotatable bonds is 4. The molecule has 0 aliphatic rings. The first-order valence-corrected chi connectivity index (χ1v) is 5.46. The predicted molar refractivity (Wildman–Crippen MR) is 65.1 cm³/mol. The van der Waals surface area contributed by atoms with Crippen molar-refractivity contribution in [3.05, 3.63) is 24.3 Å². The van der Waals surface area contributed by atoms with Crippen LogP contribution in [-0.2, 0) is 0 Å². The molecule has 1 amide bonds. The highest BCUT2D eigenvalue weighted by atomic mass is 16.6. The van der Waals surface area contributed by atoms with Crippen LogP contribution in [0.4, 0.5) is 10.5 Å². The maximum absolute atomic E-state index is 11.2. The molecule has 0 fully saturated rings. The molecule has 1 aromatic carbocycles. The van der Waals surface area contributed by atoms with Gasteiger partial charge in [-0.3, -0.25) is 0 Å². The Bertz CT molecular complexity index is 349. The zero-order chi connectivity index (χ0) is 12.0. The Hall–Kier alpha value is -1.71. The molecule has 0 spiro atoms. The number of para-hydroxylation sites is 2. The molecule has 0 unspecified atom stereocenters. The molecule has 0 saturated heterocycles. The lowest BCUT2D eigenvalue weighted by atomic mass is 10.2. The van der Waals surface area contributed by atoms with Crippen LogP contribution >= 0.6 is 0 Å². The maximum atomic E-state index is 11.2. The van der Waals surface area contributed by atoms with Crippen molar-refractivity contribution >= 4 is 11.8 Å². The van der Waals surface area contributed by atoms with Crippen molar-refractivity contribution in [1.29, 1.82) is 0 Å². The van der Waals surface area contributed by atoms with Crippen LogP contribution in [0.25, 0.3) is 0 Å². The number of hydrogen-bond donors (Lipinski definition) is 1. The molecular formula is C12H18N2O2. The summed E-state index contributed by atoms with van der Waals surface area (Å²) in [6.45, 7) is 5.90. The number of nitrogens with zero attached hydrogens (tertiary/aromatic N) is 1. The third kappa shape index (κ3) is 2.89. The zero-order valence-corrected chi connectivity index (χ0v) is 9.99. The molecule has 16 heavy (non-hydrogen) atoms. The molecule has 0 radical (unpaired) electrons. The van der Waals surface area contributed by atoms with Gasteiger partial charge in [0.15, 0.2) is 5.75 Å². The van der Waals surface area contributed by atoms with Crippen LogP contribution in [0.2, 0.25) is 0 Å². The van der Waals surface area contributed by atoms with Crippen LogP contribution < -0.4 is 15.0 Å². The van der Waals surface area contributed by atoms with Crippen LogP contribution in [0.3, 0.4) is 0 Å². The van der Waals surface area contributed by atoms with Gasteiger partial charge in [0.25, 0.3) is 0 Å². The largest absolute Gasteiger partial charge is 0.412 e. The monoisotopic (exact) mass is 222 g/mol. The first-order valence-electron chi connectivity index (χ1n) is 5.46. The summed E-state index contributed by atoms with van der Waals surface area (Å²) >= 11 is 0. The van der Waals surface area contributed by atoms with E-state index in [1.54, 1.807) is 13.1 Å². The maximum Gasteiger partial charge on any atom is 0.412 e. The van der Waals surface area contributed by atoms with Gasteiger partial charge in [-0.25, -0.2) is 4.79 Å². The third-order valence-corrected chi connectivity index (χ3v) is 2.38. The van der Waals surface area contributed by atoms with Gasteiger partial charge in [-0.1, -0.05) is 12.1 Å². The molecule has 0 aliphatic heterocycles. The summed E-state index contributed by atoms with van der Waals surface area (Å²) in [7, 11) is 1.54. The fourth-order valence-corrected chi connectivity index (χ4v) is 1.52. The molecule has 0 saturated carbocycles. The van der Waals surface area contributed by atoms with Gasteiger partial charge in [0.05, 0.1) is 5.69 Å². The highest BCUT2D eigenvalue weighted by Gasteiger charge is 2.11. The molecular weight excluding hydrogens is 204 g/mol. The van der Waals surface area contributed by atoms with Crippen molar-refractivity contribution in [2.75, 3.05) is 25.0 Å². The number of nitrogens with one attached hydrogen (secondary N) is 1. The molecule has 88 valence electrons. The Morgan fingerprint density at radius 3 is 2.50 bits per heavy atom. The average molecular weight is 222 g/mol. The van der Waals surface area contributed by atoms with E-state index in [0.29, 0.717) is 5.75 Å². The quantitative estimate of drug-likeness (QED) is 0.849. The predicted octanol–water partition coefficient (Wildman–Crippen LogP) is 2.25. The van der Waals surface area contributed by atoms with Crippen molar-refractivity contribution in [2.45, 2.75) is 13.8 Å². The smallest absolute Gasteiger partial charge is 0.408 e. The van der Waals surface area contributed by atoms with Crippen LogP contribution in [0, 0.1) is 0 Å². The fourth-order valence-electron chi connectivity index (χ4n) is 1.52. The minimum atomic E-state index is -0.445. The number of amides is 1. The van der Waals surface area contributed by atoms with E-state index in [1.165, 1.54) is 0 Å². The molecule has 0 atom stereocenters. The summed E-state index contributed by atoms with van der Waals surface area (Å²) in [6, 6.07) is 7.53. The Labute approximate surface area is 96.2 Å². The van der Waals surface area contributed by atoms with Gasteiger partial charge in [0.1, 0.15) is 0 Å². The highest BCUT2D eigenvalue weighted by Crippen LogP contribution is 2.27. The number of anilines is 1. The lowest BCUT2D eigenvalue weighted by Gasteiger charge is -2.23. The second-order valence-electron chi connectivity index (χ2n) is 3.28. The van der Waals surface area contributed by atoms with Crippen LogP contribution in [-0.4, -0.2) is 26.2 Å². The summed E-state index contributed by atoms with van der Waals surface area (Å²) in [4.78, 5) is 13.3. The molecule has 0 aromatic heterocycles. The lowest BCUT2D eigenvalue weighted by molar-refractivity contribution is 0.203. The van der Waals surface area contributed by atoms with E-state index < -0.39 is 6.09 Å². The second-order valence-corrected chi connectivity index (χ2v) is 3.28. The molecule has 4 heteroatoms. The van der Waals surface area contributed by atoms with Gasteiger partial charge in [-0.15, -0.1) is 0 Å². The number of ether oxygens (including phenoxy) is 1. The first kappa shape index (κ1) is 12.4. The number of carbonyl (C=O) groups excluding carboxylic acids is 1. The van der Waals surface area contributed by atoms with Gasteiger partial charge in [-0.05, 0) is 26.0 Å². The van der Waals surface area contributed by atoms with Crippen molar-refractivity contribution in [2.24, 2.45) is 0 Å². The summed E-state index contributed by atoms with van der Waals surface area (Å²) in [6.07, 6.45) is -0.445. The van der Waals surface area contributed by atoms with Gasteiger partial charge >= 0.3 is 6.09 Å². The number of benzene rings is 1. The van der Waals surface area contributed by atoms with Gasteiger partial charge in [-0.2, -0.15) is 0 Å². The zero-order valence-electron chi connectivity index (χ0n) is 9.99. The van der Waals surface area contributed by atoms with Crippen molar-refractivity contribution in [3.63, 3.8) is 0 Å². The second kappa shape index (κ2) is 6.00. The molecule has 1 rings (SSSR count). The van der Waals surface area contributed by atoms with E-state index in [0.717, 1.165) is 18.8 Å². The normalized spacial score (nSPS) is 9.69. The topological polar surface area (TPSA) is 41.6 Å². The molecule has 0 heterocycles. The standard InChI is InChI=1S/C12H18N2O2/c1-4-14(5-2)10-8-6-7-9-11(10)16-12(15)13-3/h6-9H,4-5H2,1-3H3,(H,13,15). The van der Waals surface area contributed by atoms with E-state index in [-0.39, 0.29) is 0 Å². The minimum Gasteiger partial charge on any atom is -0.408 e. The van der Waals surface area contributed by atoms with Crippen molar-refractivity contribution in [1.82, 2.24) is 5.32 Å². The fraction of sp³-hybridized carbons (Fsp3) is 0.417. The minimum absolute atomic E-state index is 0.445. The Morgan fingerprint density at radius 2 is 1.94 bits per heavy atom. The number of carbonyl (C=O) groups is 1. The average Bonchev–Trinajstić information content (AvgIpc) is 2.32. The SMILES string of the molecule is CCN(CC)c1ccccc1OC(=O)NC. The van der Waals surface area contributed by atoms with Gasteiger partial charge in [0.2, 0.25) is 0 Å². The van der Waals surface area contributed by atoms with E-state index >= 15 is 0 Å². The molecule has 0 bridgehead atoms. The lowest BCUT2D eigenvalue weighted by Crippen LogP contribution is -2.26. The van der Waals surface area contributed by atoms with E-state index in [2.05, 4.69) is 24.1 Å². The van der Waals surface area contributed by atoms with E-state index in [9.17, 15) is 4.79 Å². The summed E-state index contributed by atoms with van der Waals surface area (Å²) < 4.78 is 5.19. The Balaban J connectivity index is 2.94.